The number of amidine groups is 1. The predicted octanol–water partition coefficient (Wildman–Crippen LogP) is 1.79. The van der Waals surface area contributed by atoms with Crippen LogP contribution in [0.4, 0.5) is 5.82 Å². The highest BCUT2D eigenvalue weighted by molar-refractivity contribution is 6.04. The van der Waals surface area contributed by atoms with Crippen molar-refractivity contribution in [2.45, 2.75) is 6.92 Å². The molecule has 94 valence electrons. The molecule has 0 spiro atoms. The van der Waals surface area contributed by atoms with Crippen LogP contribution < -0.4 is 10.6 Å². The van der Waals surface area contributed by atoms with Gasteiger partial charge in [0.1, 0.15) is 5.82 Å². The number of anilines is 1. The molecule has 0 aliphatic heterocycles. The molecular formula is C13H16N4O. The summed E-state index contributed by atoms with van der Waals surface area (Å²) < 4.78 is 0. The lowest BCUT2D eigenvalue weighted by Crippen LogP contribution is -2.23. The van der Waals surface area contributed by atoms with Gasteiger partial charge in [-0.15, -0.1) is 0 Å². The summed E-state index contributed by atoms with van der Waals surface area (Å²) in [6, 6.07) is 9.65. The van der Waals surface area contributed by atoms with Crippen LogP contribution in [-0.4, -0.2) is 29.6 Å². The summed E-state index contributed by atoms with van der Waals surface area (Å²) in [7, 11) is 1.92. The second-order valence-electron chi connectivity index (χ2n) is 4.05. The Balaban J connectivity index is 2.71. The number of pyridine rings is 1. The summed E-state index contributed by atoms with van der Waals surface area (Å²) in [6.45, 7) is 2.81. The van der Waals surface area contributed by atoms with Crippen molar-refractivity contribution in [3.63, 3.8) is 0 Å². The van der Waals surface area contributed by atoms with Crippen molar-refractivity contribution in [3.05, 3.63) is 35.9 Å². The van der Waals surface area contributed by atoms with E-state index in [2.05, 4.69) is 10.1 Å². The van der Waals surface area contributed by atoms with Crippen LogP contribution in [0.2, 0.25) is 0 Å². The van der Waals surface area contributed by atoms with Gasteiger partial charge in [0.2, 0.25) is 0 Å². The van der Waals surface area contributed by atoms with Crippen LogP contribution in [0.3, 0.4) is 0 Å². The predicted molar refractivity (Wildman–Crippen MR) is 73.2 cm³/mol. The molecule has 2 rings (SSSR count). The van der Waals surface area contributed by atoms with E-state index in [0.29, 0.717) is 11.4 Å². The lowest BCUT2D eigenvalue weighted by Gasteiger charge is -2.19. The first-order valence-electron chi connectivity index (χ1n) is 5.76. The van der Waals surface area contributed by atoms with E-state index in [1.54, 1.807) is 0 Å². The van der Waals surface area contributed by atoms with E-state index in [1.807, 2.05) is 49.2 Å². The molecular weight excluding hydrogens is 228 g/mol. The molecule has 0 aliphatic rings. The summed E-state index contributed by atoms with van der Waals surface area (Å²) >= 11 is 0. The normalized spacial score (nSPS) is 11.8. The average Bonchev–Trinajstić information content (AvgIpc) is 2.44. The van der Waals surface area contributed by atoms with E-state index < -0.39 is 0 Å². The molecule has 0 amide bonds. The van der Waals surface area contributed by atoms with E-state index in [4.69, 9.17) is 10.9 Å². The van der Waals surface area contributed by atoms with Crippen molar-refractivity contribution in [1.29, 1.82) is 0 Å². The molecule has 2 aromatic rings. The van der Waals surface area contributed by atoms with Gasteiger partial charge in [0.15, 0.2) is 5.84 Å². The number of aromatic nitrogens is 1. The van der Waals surface area contributed by atoms with Gasteiger partial charge in [-0.2, -0.15) is 0 Å². The summed E-state index contributed by atoms with van der Waals surface area (Å²) in [5.41, 5.74) is 7.24. The summed E-state index contributed by atoms with van der Waals surface area (Å²) in [5.74, 6) is 0.787. The number of oxime groups is 1. The van der Waals surface area contributed by atoms with Crippen LogP contribution in [-0.2, 0) is 0 Å². The topological polar surface area (TPSA) is 74.7 Å². The first-order chi connectivity index (χ1) is 8.67. The number of hydrogen-bond acceptors (Lipinski definition) is 4. The van der Waals surface area contributed by atoms with Crippen LogP contribution in [0.5, 0.6) is 0 Å². The Morgan fingerprint density at radius 1 is 1.44 bits per heavy atom. The number of para-hydroxylation sites is 1. The third-order valence-electron chi connectivity index (χ3n) is 2.92. The molecule has 5 heteroatoms. The van der Waals surface area contributed by atoms with Crippen LogP contribution >= 0.6 is 0 Å². The third kappa shape index (κ3) is 2.07. The van der Waals surface area contributed by atoms with Crippen LogP contribution in [0.1, 0.15) is 12.5 Å². The van der Waals surface area contributed by atoms with E-state index in [-0.39, 0.29) is 5.84 Å². The zero-order valence-electron chi connectivity index (χ0n) is 10.5. The molecule has 0 bridgehead atoms. The molecule has 0 unspecified atom stereocenters. The second-order valence-corrected chi connectivity index (χ2v) is 4.05. The number of nitrogens with two attached hydrogens (primary N) is 1. The maximum Gasteiger partial charge on any atom is 0.173 e. The molecule has 0 saturated heterocycles. The fraction of sp³-hybridized carbons (Fsp3) is 0.231. The first-order valence-corrected chi connectivity index (χ1v) is 5.76. The quantitative estimate of drug-likeness (QED) is 0.373. The van der Waals surface area contributed by atoms with Crippen LogP contribution in [0, 0.1) is 0 Å². The van der Waals surface area contributed by atoms with Gasteiger partial charge in [0.05, 0.1) is 11.1 Å². The zero-order valence-corrected chi connectivity index (χ0v) is 10.5. The lowest BCUT2D eigenvalue weighted by atomic mass is 10.1. The Morgan fingerprint density at radius 3 is 2.83 bits per heavy atom. The van der Waals surface area contributed by atoms with Crippen molar-refractivity contribution >= 4 is 22.6 Å². The number of fused-ring (bicyclic) bond motifs is 1. The molecule has 0 saturated carbocycles. The molecule has 1 aromatic heterocycles. The van der Waals surface area contributed by atoms with E-state index in [9.17, 15) is 0 Å². The van der Waals surface area contributed by atoms with Gasteiger partial charge >= 0.3 is 0 Å². The smallest absolute Gasteiger partial charge is 0.173 e. The fourth-order valence-corrected chi connectivity index (χ4v) is 1.79. The second kappa shape index (κ2) is 4.91. The lowest BCUT2D eigenvalue weighted by molar-refractivity contribution is 0.318. The van der Waals surface area contributed by atoms with Gasteiger partial charge in [-0.1, -0.05) is 23.4 Å². The minimum absolute atomic E-state index is 0.0727. The van der Waals surface area contributed by atoms with Gasteiger partial charge < -0.3 is 15.8 Å². The maximum atomic E-state index is 8.86. The summed E-state index contributed by atoms with van der Waals surface area (Å²) in [6.07, 6.45) is 0. The highest BCUT2D eigenvalue weighted by atomic mass is 16.4. The molecule has 0 atom stereocenters. The van der Waals surface area contributed by atoms with Crippen molar-refractivity contribution in [1.82, 2.24) is 4.98 Å². The van der Waals surface area contributed by atoms with Crippen molar-refractivity contribution < 1.29 is 5.21 Å². The van der Waals surface area contributed by atoms with E-state index in [0.717, 1.165) is 17.4 Å². The number of hydrogen-bond donors (Lipinski definition) is 2. The molecule has 1 aromatic carbocycles. The average molecular weight is 244 g/mol. The van der Waals surface area contributed by atoms with Gasteiger partial charge in [-0.05, 0) is 19.1 Å². The zero-order chi connectivity index (χ0) is 13.1. The number of benzene rings is 1. The van der Waals surface area contributed by atoms with E-state index >= 15 is 0 Å². The highest BCUT2D eigenvalue weighted by Gasteiger charge is 2.13. The molecule has 0 fully saturated rings. The molecule has 3 N–H and O–H groups in total. The molecule has 18 heavy (non-hydrogen) atoms. The van der Waals surface area contributed by atoms with Gasteiger partial charge in [-0.25, -0.2) is 4.98 Å². The van der Waals surface area contributed by atoms with Crippen LogP contribution in [0.25, 0.3) is 10.9 Å². The molecule has 0 aliphatic carbocycles. The standard InChI is InChI=1S/C13H16N4O/c1-3-17(2)13-10(12(14)16-18)8-9-6-4-5-7-11(9)15-13/h4-8,18H,3H2,1-2H3,(H2,14,16). The Morgan fingerprint density at radius 2 is 2.17 bits per heavy atom. The van der Waals surface area contributed by atoms with Crippen LogP contribution in [0.15, 0.2) is 35.5 Å². The Hall–Kier alpha value is -2.30. The highest BCUT2D eigenvalue weighted by Crippen LogP contribution is 2.22. The fourth-order valence-electron chi connectivity index (χ4n) is 1.79. The maximum absolute atomic E-state index is 8.86. The van der Waals surface area contributed by atoms with Crippen molar-refractivity contribution in [2.75, 3.05) is 18.5 Å². The third-order valence-corrected chi connectivity index (χ3v) is 2.92. The summed E-state index contributed by atoms with van der Waals surface area (Å²) in [5, 5.41) is 12.9. The SMILES string of the molecule is CCN(C)c1nc2ccccc2cc1C(N)=NO. The molecule has 5 nitrogen and oxygen atoms in total. The van der Waals surface area contributed by atoms with Crippen molar-refractivity contribution in [2.24, 2.45) is 10.9 Å². The summed E-state index contributed by atoms with van der Waals surface area (Å²) in [4.78, 5) is 6.53. The largest absolute Gasteiger partial charge is 0.409 e. The Kier molecular flexibility index (Phi) is 3.32. The Labute approximate surface area is 106 Å². The van der Waals surface area contributed by atoms with Gasteiger partial charge in [-0.3, -0.25) is 0 Å². The Bertz CT molecular complexity index is 595. The number of nitrogens with zero attached hydrogens (tertiary/aromatic N) is 3. The number of rotatable bonds is 3. The van der Waals surface area contributed by atoms with Crippen molar-refractivity contribution in [3.8, 4) is 0 Å². The van der Waals surface area contributed by atoms with Gasteiger partial charge in [0.25, 0.3) is 0 Å². The monoisotopic (exact) mass is 244 g/mol. The molecule has 0 radical (unpaired) electrons. The minimum Gasteiger partial charge on any atom is -0.409 e. The van der Waals surface area contributed by atoms with E-state index in [1.165, 1.54) is 0 Å². The van der Waals surface area contributed by atoms with Gasteiger partial charge in [0, 0.05) is 19.0 Å². The first kappa shape index (κ1) is 12.2. The minimum atomic E-state index is 0.0727. The molecule has 1 heterocycles.